The van der Waals surface area contributed by atoms with Crippen LogP contribution in [0.3, 0.4) is 0 Å². The summed E-state index contributed by atoms with van der Waals surface area (Å²) in [5.74, 6) is 0.905. The van der Waals surface area contributed by atoms with Gasteiger partial charge in [0.05, 0.1) is 23.6 Å². The van der Waals surface area contributed by atoms with E-state index in [0.717, 1.165) is 28.1 Å². The number of carbonyl (C=O) groups excluding carboxylic acids is 2. The lowest BCUT2D eigenvalue weighted by atomic mass is 10.1. The molecular weight excluding hydrogens is 402 g/mol. The van der Waals surface area contributed by atoms with Gasteiger partial charge in [0, 0.05) is 12.7 Å². The molecule has 0 aliphatic rings. The molecule has 30 heavy (non-hydrogen) atoms. The van der Waals surface area contributed by atoms with Crippen LogP contribution in [-0.2, 0) is 16.6 Å². The maximum absolute atomic E-state index is 12.5. The quantitative estimate of drug-likeness (QED) is 0.561. The van der Waals surface area contributed by atoms with Gasteiger partial charge in [-0.05, 0) is 44.9 Å². The van der Waals surface area contributed by atoms with E-state index in [4.69, 9.17) is 4.42 Å². The number of amides is 2. The molecule has 2 heterocycles. The van der Waals surface area contributed by atoms with Crippen molar-refractivity contribution in [2.75, 3.05) is 11.9 Å². The predicted octanol–water partition coefficient (Wildman–Crippen LogP) is 3.24. The minimum absolute atomic E-state index is 0.101. The van der Waals surface area contributed by atoms with Gasteiger partial charge in [-0.3, -0.25) is 9.59 Å². The number of nitrogens with one attached hydrogen (secondary N) is 2. The molecule has 0 bridgehead atoms. The highest BCUT2D eigenvalue weighted by molar-refractivity contribution is 8.00. The molecule has 158 valence electrons. The van der Waals surface area contributed by atoms with Gasteiger partial charge in [0.25, 0.3) is 0 Å². The lowest BCUT2D eigenvalue weighted by Crippen LogP contribution is -2.37. The second kappa shape index (κ2) is 9.17. The van der Waals surface area contributed by atoms with Crippen molar-refractivity contribution >= 4 is 29.3 Å². The number of benzene rings is 1. The number of anilines is 1. The lowest BCUT2D eigenvalue weighted by Gasteiger charge is -2.14. The summed E-state index contributed by atoms with van der Waals surface area (Å²) in [5, 5.41) is 14.1. The molecule has 0 fully saturated rings. The summed E-state index contributed by atoms with van der Waals surface area (Å²) >= 11 is 1.28. The third kappa shape index (κ3) is 4.73. The summed E-state index contributed by atoms with van der Waals surface area (Å²) in [4.78, 5) is 24.7. The molecule has 2 amide bonds. The molecular formula is C21H25N5O3S. The van der Waals surface area contributed by atoms with E-state index in [0.29, 0.717) is 11.0 Å². The fourth-order valence-electron chi connectivity index (χ4n) is 2.99. The smallest absolute Gasteiger partial charge is 0.243 e. The van der Waals surface area contributed by atoms with E-state index in [2.05, 4.69) is 20.8 Å². The average Bonchev–Trinajstić information content (AvgIpc) is 3.28. The fourth-order valence-corrected chi connectivity index (χ4v) is 3.83. The largest absolute Gasteiger partial charge is 0.469 e. The monoisotopic (exact) mass is 427 g/mol. The van der Waals surface area contributed by atoms with E-state index < -0.39 is 5.25 Å². The number of hydrogen-bond donors (Lipinski definition) is 2. The average molecular weight is 428 g/mol. The highest BCUT2D eigenvalue weighted by Crippen LogP contribution is 2.27. The molecule has 0 saturated carbocycles. The molecule has 0 spiro atoms. The Labute approximate surface area is 179 Å². The predicted molar refractivity (Wildman–Crippen MR) is 116 cm³/mol. The van der Waals surface area contributed by atoms with Crippen LogP contribution in [-0.4, -0.2) is 38.4 Å². The third-order valence-corrected chi connectivity index (χ3v) is 5.89. The molecule has 1 unspecified atom stereocenters. The van der Waals surface area contributed by atoms with Crippen LogP contribution in [0.4, 0.5) is 5.69 Å². The Bertz CT molecular complexity index is 1050. The van der Waals surface area contributed by atoms with Crippen molar-refractivity contribution in [3.8, 4) is 11.4 Å². The van der Waals surface area contributed by atoms with Crippen LogP contribution >= 0.6 is 11.8 Å². The Balaban J connectivity index is 1.56. The number of aryl methyl sites for hydroxylation is 3. The van der Waals surface area contributed by atoms with Crippen molar-refractivity contribution < 1.29 is 14.0 Å². The van der Waals surface area contributed by atoms with E-state index >= 15 is 0 Å². The van der Waals surface area contributed by atoms with Crippen LogP contribution in [0, 0.1) is 20.8 Å². The Morgan fingerprint density at radius 2 is 1.87 bits per heavy atom. The van der Waals surface area contributed by atoms with E-state index in [-0.39, 0.29) is 18.4 Å². The number of carbonyl (C=O) groups is 2. The first-order valence-corrected chi connectivity index (χ1v) is 10.4. The van der Waals surface area contributed by atoms with Crippen molar-refractivity contribution in [2.45, 2.75) is 38.1 Å². The Hall–Kier alpha value is -3.07. The topological polar surface area (TPSA) is 102 Å². The van der Waals surface area contributed by atoms with Gasteiger partial charge in [-0.2, -0.15) is 0 Å². The number of hydrogen-bond acceptors (Lipinski definition) is 6. The molecule has 0 saturated heterocycles. The third-order valence-electron chi connectivity index (χ3n) is 4.75. The number of furan rings is 1. The second-order valence-electron chi connectivity index (χ2n) is 7.05. The Morgan fingerprint density at radius 3 is 2.50 bits per heavy atom. The normalized spacial score (nSPS) is 11.9. The van der Waals surface area contributed by atoms with Crippen molar-refractivity contribution in [1.82, 2.24) is 20.1 Å². The van der Waals surface area contributed by atoms with Crippen molar-refractivity contribution in [3.05, 3.63) is 47.4 Å². The molecule has 2 aromatic heterocycles. The van der Waals surface area contributed by atoms with E-state index in [9.17, 15) is 9.59 Å². The molecule has 3 rings (SSSR count). The molecule has 2 N–H and O–H groups in total. The maximum atomic E-state index is 12.5. The summed E-state index contributed by atoms with van der Waals surface area (Å²) in [6, 6.07) is 7.63. The Kier molecular flexibility index (Phi) is 6.61. The maximum Gasteiger partial charge on any atom is 0.243 e. The molecule has 1 aromatic carbocycles. The molecule has 0 aliphatic heterocycles. The van der Waals surface area contributed by atoms with Gasteiger partial charge in [0.1, 0.15) is 5.76 Å². The number of aromatic nitrogens is 3. The van der Waals surface area contributed by atoms with E-state index in [1.165, 1.54) is 11.8 Å². The first-order chi connectivity index (χ1) is 14.3. The first-order valence-electron chi connectivity index (χ1n) is 9.52. The zero-order chi connectivity index (χ0) is 21.8. The summed E-state index contributed by atoms with van der Waals surface area (Å²) in [5.41, 5.74) is 3.59. The van der Waals surface area contributed by atoms with Crippen LogP contribution in [0.5, 0.6) is 0 Å². The zero-order valence-corrected chi connectivity index (χ0v) is 18.5. The molecule has 3 aromatic rings. The van der Waals surface area contributed by atoms with Crippen LogP contribution in [0.25, 0.3) is 11.4 Å². The Morgan fingerprint density at radius 1 is 1.17 bits per heavy atom. The van der Waals surface area contributed by atoms with Crippen molar-refractivity contribution in [1.29, 1.82) is 0 Å². The molecule has 9 heteroatoms. The highest BCUT2D eigenvalue weighted by Gasteiger charge is 2.21. The zero-order valence-electron chi connectivity index (χ0n) is 17.6. The molecule has 1 atom stereocenters. The van der Waals surface area contributed by atoms with Gasteiger partial charge >= 0.3 is 0 Å². The molecule has 0 aliphatic carbocycles. The van der Waals surface area contributed by atoms with Gasteiger partial charge < -0.3 is 19.6 Å². The SMILES string of the molecule is Cc1cccc(C)c1NC(=O)CNC(=O)C(C)Sc1nnc(-c2ccoc2C)n1C. The number of para-hydroxylation sites is 1. The van der Waals surface area contributed by atoms with Gasteiger partial charge in [0.2, 0.25) is 11.8 Å². The van der Waals surface area contributed by atoms with Crippen LogP contribution in [0.15, 0.2) is 40.1 Å². The number of rotatable bonds is 7. The van der Waals surface area contributed by atoms with Crippen molar-refractivity contribution in [3.63, 3.8) is 0 Å². The van der Waals surface area contributed by atoms with Gasteiger partial charge in [-0.1, -0.05) is 30.0 Å². The van der Waals surface area contributed by atoms with Gasteiger partial charge in [-0.25, -0.2) is 0 Å². The van der Waals surface area contributed by atoms with Crippen LogP contribution in [0.2, 0.25) is 0 Å². The number of thioether (sulfide) groups is 1. The van der Waals surface area contributed by atoms with Gasteiger partial charge in [0.15, 0.2) is 11.0 Å². The van der Waals surface area contributed by atoms with Crippen LogP contribution < -0.4 is 10.6 Å². The summed E-state index contributed by atoms with van der Waals surface area (Å²) in [6.07, 6.45) is 1.60. The van der Waals surface area contributed by atoms with Gasteiger partial charge in [-0.15, -0.1) is 10.2 Å². The second-order valence-corrected chi connectivity index (χ2v) is 8.36. The fraction of sp³-hybridized carbons (Fsp3) is 0.333. The summed E-state index contributed by atoms with van der Waals surface area (Å²) in [6.45, 7) is 7.38. The molecule has 0 radical (unpaired) electrons. The minimum atomic E-state index is -0.445. The van der Waals surface area contributed by atoms with E-state index in [1.54, 1.807) is 13.2 Å². The highest BCUT2D eigenvalue weighted by atomic mass is 32.2. The first kappa shape index (κ1) is 21.6. The lowest BCUT2D eigenvalue weighted by molar-refractivity contribution is -0.123. The van der Waals surface area contributed by atoms with E-state index in [1.807, 2.05) is 56.7 Å². The minimum Gasteiger partial charge on any atom is -0.469 e. The summed E-state index contributed by atoms with van der Waals surface area (Å²) < 4.78 is 7.14. The summed E-state index contributed by atoms with van der Waals surface area (Å²) in [7, 11) is 1.84. The standard InChI is InChI=1S/C21H25N5O3S/c1-12-7-6-8-13(2)18(12)23-17(27)11-22-20(28)15(4)30-21-25-24-19(26(21)5)16-9-10-29-14(16)3/h6-10,15H,11H2,1-5H3,(H,22,28)(H,23,27). The number of nitrogens with zero attached hydrogens (tertiary/aromatic N) is 3. The van der Waals surface area contributed by atoms with Crippen molar-refractivity contribution in [2.24, 2.45) is 7.05 Å². The molecule has 8 nitrogen and oxygen atoms in total. The van der Waals surface area contributed by atoms with Crippen LogP contribution in [0.1, 0.15) is 23.8 Å².